The summed E-state index contributed by atoms with van der Waals surface area (Å²) in [5.41, 5.74) is 0.328. The highest BCUT2D eigenvalue weighted by atomic mass is 16.3. The van der Waals surface area contributed by atoms with Gasteiger partial charge in [0.2, 0.25) is 0 Å². The van der Waals surface area contributed by atoms with Gasteiger partial charge in [0.25, 0.3) is 0 Å². The molecule has 3 nitrogen and oxygen atoms in total. The van der Waals surface area contributed by atoms with Crippen LogP contribution in [0.1, 0.15) is 33.6 Å². The van der Waals surface area contributed by atoms with Gasteiger partial charge in [-0.25, -0.2) is 0 Å². The Hall–Kier alpha value is -0.120. The first-order chi connectivity index (χ1) is 7.08. The monoisotopic (exact) mass is 216 g/mol. The van der Waals surface area contributed by atoms with Crippen LogP contribution < -0.4 is 5.32 Å². The second kappa shape index (κ2) is 8.08. The van der Waals surface area contributed by atoms with Gasteiger partial charge in [-0.2, -0.15) is 0 Å². The van der Waals surface area contributed by atoms with E-state index in [4.69, 9.17) is 5.11 Å². The maximum Gasteiger partial charge on any atom is 0.0558 e. The van der Waals surface area contributed by atoms with E-state index in [9.17, 15) is 0 Å². The number of nitrogens with zero attached hydrogens (tertiary/aromatic N) is 1. The van der Waals surface area contributed by atoms with Crippen molar-refractivity contribution in [3.63, 3.8) is 0 Å². The van der Waals surface area contributed by atoms with Gasteiger partial charge in [0.05, 0.1) is 6.61 Å². The Morgan fingerprint density at radius 1 is 1.33 bits per heavy atom. The van der Waals surface area contributed by atoms with Crippen LogP contribution in [0.15, 0.2) is 0 Å². The van der Waals surface area contributed by atoms with Crippen LogP contribution in [0, 0.1) is 5.41 Å². The number of rotatable bonds is 9. The summed E-state index contributed by atoms with van der Waals surface area (Å²) in [6, 6.07) is 0. The second-order valence-electron chi connectivity index (χ2n) is 4.80. The van der Waals surface area contributed by atoms with Crippen LogP contribution in [0.25, 0.3) is 0 Å². The summed E-state index contributed by atoms with van der Waals surface area (Å²) in [7, 11) is 2.08. The summed E-state index contributed by atoms with van der Waals surface area (Å²) in [6.45, 7) is 10.9. The van der Waals surface area contributed by atoms with Crippen molar-refractivity contribution in [2.24, 2.45) is 5.41 Å². The Morgan fingerprint density at radius 3 is 2.47 bits per heavy atom. The average molecular weight is 216 g/mol. The minimum atomic E-state index is 0.250. The van der Waals surface area contributed by atoms with Crippen molar-refractivity contribution in [3.8, 4) is 0 Å². The molecule has 0 amide bonds. The molecule has 0 aliphatic rings. The normalized spacial score (nSPS) is 15.6. The van der Waals surface area contributed by atoms with Crippen LogP contribution in [-0.4, -0.2) is 49.8 Å². The van der Waals surface area contributed by atoms with Crippen LogP contribution in [-0.2, 0) is 0 Å². The third-order valence-corrected chi connectivity index (χ3v) is 2.79. The Morgan fingerprint density at radius 2 is 2.00 bits per heavy atom. The minimum Gasteiger partial charge on any atom is -0.395 e. The maximum absolute atomic E-state index is 8.88. The number of aliphatic hydroxyl groups excluding tert-OH is 1. The number of likely N-dealkylation sites (N-methyl/N-ethyl adjacent to an activating group) is 1. The summed E-state index contributed by atoms with van der Waals surface area (Å²) < 4.78 is 0. The van der Waals surface area contributed by atoms with E-state index >= 15 is 0 Å². The van der Waals surface area contributed by atoms with Gasteiger partial charge >= 0.3 is 0 Å². The molecule has 2 N–H and O–H groups in total. The van der Waals surface area contributed by atoms with Gasteiger partial charge in [0.1, 0.15) is 0 Å². The number of aliphatic hydroxyl groups is 1. The van der Waals surface area contributed by atoms with Crippen molar-refractivity contribution in [2.75, 3.05) is 39.8 Å². The average Bonchev–Trinajstić information content (AvgIpc) is 2.15. The molecule has 0 heterocycles. The van der Waals surface area contributed by atoms with Crippen molar-refractivity contribution >= 4 is 0 Å². The molecule has 0 saturated carbocycles. The van der Waals surface area contributed by atoms with Crippen LogP contribution >= 0.6 is 0 Å². The lowest BCUT2D eigenvalue weighted by Crippen LogP contribution is -2.41. The Labute approximate surface area is 94.9 Å². The lowest BCUT2D eigenvalue weighted by atomic mass is 9.85. The van der Waals surface area contributed by atoms with Gasteiger partial charge in [-0.15, -0.1) is 0 Å². The van der Waals surface area contributed by atoms with Gasteiger partial charge in [0.15, 0.2) is 0 Å². The van der Waals surface area contributed by atoms with Crippen molar-refractivity contribution in [2.45, 2.75) is 33.6 Å². The molecule has 92 valence electrons. The molecule has 0 aromatic heterocycles. The van der Waals surface area contributed by atoms with Gasteiger partial charge in [-0.05, 0) is 25.4 Å². The van der Waals surface area contributed by atoms with E-state index in [1.165, 1.54) is 12.8 Å². The molecule has 0 saturated heterocycles. The molecule has 0 rings (SSSR count). The molecule has 3 heteroatoms. The summed E-state index contributed by atoms with van der Waals surface area (Å²) >= 11 is 0. The Kier molecular flexibility index (Phi) is 8.02. The Bertz CT molecular complexity index is 153. The highest BCUT2D eigenvalue weighted by molar-refractivity contribution is 4.79. The van der Waals surface area contributed by atoms with E-state index in [0.29, 0.717) is 5.41 Å². The van der Waals surface area contributed by atoms with Gasteiger partial charge < -0.3 is 15.3 Å². The summed E-state index contributed by atoms with van der Waals surface area (Å²) in [4.78, 5) is 2.22. The van der Waals surface area contributed by atoms with Crippen molar-refractivity contribution < 1.29 is 5.11 Å². The van der Waals surface area contributed by atoms with Crippen molar-refractivity contribution in [3.05, 3.63) is 0 Å². The van der Waals surface area contributed by atoms with E-state index in [2.05, 4.69) is 38.0 Å². The SMILES string of the molecule is CCCC(C)(CNCC)CN(C)CCO. The van der Waals surface area contributed by atoms with Gasteiger partial charge in [-0.1, -0.05) is 27.2 Å². The van der Waals surface area contributed by atoms with E-state index in [1.54, 1.807) is 0 Å². The highest BCUT2D eigenvalue weighted by Crippen LogP contribution is 2.23. The molecule has 0 bridgehead atoms. The zero-order chi connectivity index (χ0) is 11.7. The van der Waals surface area contributed by atoms with E-state index in [0.717, 1.165) is 26.2 Å². The zero-order valence-corrected chi connectivity index (χ0v) is 10.8. The molecule has 1 atom stereocenters. The first-order valence-electron chi connectivity index (χ1n) is 6.08. The van der Waals surface area contributed by atoms with Gasteiger partial charge in [0, 0.05) is 19.6 Å². The molecule has 0 aliphatic heterocycles. The fourth-order valence-corrected chi connectivity index (χ4v) is 2.16. The van der Waals surface area contributed by atoms with E-state index < -0.39 is 0 Å². The molecular weight excluding hydrogens is 188 g/mol. The van der Waals surface area contributed by atoms with E-state index in [-0.39, 0.29) is 6.61 Å². The zero-order valence-electron chi connectivity index (χ0n) is 10.8. The quantitative estimate of drug-likeness (QED) is 0.610. The molecule has 0 radical (unpaired) electrons. The highest BCUT2D eigenvalue weighted by Gasteiger charge is 2.24. The predicted molar refractivity (Wildman–Crippen MR) is 66.1 cm³/mol. The lowest BCUT2D eigenvalue weighted by molar-refractivity contribution is 0.148. The van der Waals surface area contributed by atoms with Crippen molar-refractivity contribution in [1.29, 1.82) is 0 Å². The smallest absolute Gasteiger partial charge is 0.0558 e. The van der Waals surface area contributed by atoms with Gasteiger partial charge in [-0.3, -0.25) is 0 Å². The molecule has 15 heavy (non-hydrogen) atoms. The number of hydrogen-bond acceptors (Lipinski definition) is 3. The number of hydrogen-bond donors (Lipinski definition) is 2. The first-order valence-corrected chi connectivity index (χ1v) is 6.08. The largest absolute Gasteiger partial charge is 0.395 e. The fraction of sp³-hybridized carbons (Fsp3) is 1.00. The van der Waals surface area contributed by atoms with E-state index in [1.807, 2.05) is 0 Å². The molecule has 1 unspecified atom stereocenters. The van der Waals surface area contributed by atoms with Crippen LogP contribution in [0.5, 0.6) is 0 Å². The maximum atomic E-state index is 8.88. The molecule has 0 aliphatic carbocycles. The minimum absolute atomic E-state index is 0.250. The van der Waals surface area contributed by atoms with Crippen LogP contribution in [0.2, 0.25) is 0 Å². The summed E-state index contributed by atoms with van der Waals surface area (Å²) in [5, 5.41) is 12.3. The second-order valence-corrected chi connectivity index (χ2v) is 4.80. The van der Waals surface area contributed by atoms with Crippen molar-refractivity contribution in [1.82, 2.24) is 10.2 Å². The Balaban J connectivity index is 4.09. The standard InChI is InChI=1S/C12H28N2O/c1-5-7-12(3,10-13-6-2)11-14(4)8-9-15/h13,15H,5-11H2,1-4H3. The molecule has 0 spiro atoms. The molecular formula is C12H28N2O. The number of nitrogens with one attached hydrogen (secondary N) is 1. The molecule has 0 aromatic rings. The topological polar surface area (TPSA) is 35.5 Å². The predicted octanol–water partition coefficient (Wildman–Crippen LogP) is 1.33. The summed E-state index contributed by atoms with van der Waals surface area (Å²) in [6.07, 6.45) is 2.45. The van der Waals surface area contributed by atoms with Crippen LogP contribution in [0.4, 0.5) is 0 Å². The summed E-state index contributed by atoms with van der Waals surface area (Å²) in [5.74, 6) is 0. The molecule has 0 aromatic carbocycles. The lowest BCUT2D eigenvalue weighted by Gasteiger charge is -2.33. The molecule has 0 fully saturated rings. The van der Waals surface area contributed by atoms with Crippen LogP contribution in [0.3, 0.4) is 0 Å². The first kappa shape index (κ1) is 14.9. The third kappa shape index (κ3) is 6.88. The third-order valence-electron chi connectivity index (χ3n) is 2.79. The fourth-order valence-electron chi connectivity index (χ4n) is 2.16.